The van der Waals surface area contributed by atoms with Gasteiger partial charge in [0.1, 0.15) is 0 Å². The van der Waals surface area contributed by atoms with Gasteiger partial charge >= 0.3 is 0 Å². The highest BCUT2D eigenvalue weighted by molar-refractivity contribution is 4.44. The largest absolute Gasteiger partial charge is 0.330 e. The minimum atomic E-state index is 0.742. The van der Waals surface area contributed by atoms with Gasteiger partial charge in [0.25, 0.3) is 0 Å². The van der Waals surface area contributed by atoms with Crippen LogP contribution in [0, 0.1) is 0 Å². The molecule has 0 fully saturated rings. The average Bonchev–Trinajstić information content (AvgIpc) is 1.97. The van der Waals surface area contributed by atoms with Crippen LogP contribution in [-0.4, -0.2) is 26.2 Å². The van der Waals surface area contributed by atoms with Crippen molar-refractivity contribution in [3.63, 3.8) is 0 Å². The highest BCUT2D eigenvalue weighted by Crippen LogP contribution is 1.68. The molecule has 0 aliphatic heterocycles. The third kappa shape index (κ3) is 7.84. The van der Waals surface area contributed by atoms with E-state index in [-0.39, 0.29) is 0 Å². The van der Waals surface area contributed by atoms with E-state index in [4.69, 9.17) is 11.5 Å². The fourth-order valence-corrected chi connectivity index (χ4v) is 0.558. The van der Waals surface area contributed by atoms with E-state index < -0.39 is 0 Å². The number of nitrogens with two attached hydrogens (primary N) is 2. The lowest BCUT2D eigenvalue weighted by molar-refractivity contribution is 0.515. The maximum atomic E-state index is 5.28. The first-order valence-electron chi connectivity index (χ1n) is 3.77. The Kier molecular flexibility index (Phi) is 8.70. The fraction of sp³-hybridized carbons (Fsp3) is 1.00. The van der Waals surface area contributed by atoms with Gasteiger partial charge < -0.3 is 11.5 Å². The third-order valence-electron chi connectivity index (χ3n) is 1.14. The first kappa shape index (κ1) is 9.84. The highest BCUT2D eigenvalue weighted by Gasteiger charge is 1.83. The Balaban J connectivity index is 2.65. The molecule has 0 radical (unpaired) electrons. The third-order valence-corrected chi connectivity index (χ3v) is 1.14. The first-order chi connectivity index (χ1) is 4.91. The Bertz CT molecular complexity index is 49.7. The van der Waals surface area contributed by atoms with Crippen LogP contribution in [0.15, 0.2) is 0 Å². The van der Waals surface area contributed by atoms with E-state index in [1.165, 1.54) is 0 Å². The molecule has 62 valence electrons. The van der Waals surface area contributed by atoms with E-state index in [0.717, 1.165) is 39.0 Å². The molecule has 0 bridgehead atoms. The summed E-state index contributed by atoms with van der Waals surface area (Å²) in [5.41, 5.74) is 16.6. The number of rotatable bonds is 7. The lowest BCUT2D eigenvalue weighted by Gasteiger charge is -2.03. The molecular weight excluding hydrogens is 128 g/mol. The molecule has 0 aliphatic carbocycles. The minimum Gasteiger partial charge on any atom is -0.330 e. The van der Waals surface area contributed by atoms with Gasteiger partial charge in [0, 0.05) is 13.1 Å². The molecule has 6 N–H and O–H groups in total. The quantitative estimate of drug-likeness (QED) is 0.268. The van der Waals surface area contributed by atoms with Crippen LogP contribution in [0.5, 0.6) is 0 Å². The molecule has 0 saturated carbocycles. The summed E-state index contributed by atoms with van der Waals surface area (Å²) >= 11 is 0. The molecule has 0 amide bonds. The van der Waals surface area contributed by atoms with Gasteiger partial charge in [-0.25, -0.2) is 0 Å². The predicted octanol–water partition coefficient (Wildman–Crippen LogP) is -1.22. The maximum Gasteiger partial charge on any atom is 0.0112 e. The Hall–Kier alpha value is -0.160. The van der Waals surface area contributed by atoms with Crippen molar-refractivity contribution < 1.29 is 0 Å². The zero-order valence-electron chi connectivity index (χ0n) is 6.40. The molecule has 0 aromatic rings. The molecule has 0 aromatic heterocycles. The van der Waals surface area contributed by atoms with Gasteiger partial charge in [0.05, 0.1) is 0 Å². The summed E-state index contributed by atoms with van der Waals surface area (Å²) in [5.74, 6) is 0. The van der Waals surface area contributed by atoms with Crippen molar-refractivity contribution in [2.75, 3.05) is 26.2 Å². The summed E-state index contributed by atoms with van der Waals surface area (Å²) in [4.78, 5) is 0. The Morgan fingerprint density at radius 2 is 1.20 bits per heavy atom. The van der Waals surface area contributed by atoms with E-state index in [2.05, 4.69) is 10.9 Å². The van der Waals surface area contributed by atoms with Crippen molar-refractivity contribution in [2.45, 2.75) is 12.8 Å². The zero-order chi connectivity index (χ0) is 7.66. The van der Waals surface area contributed by atoms with Crippen molar-refractivity contribution in [3.8, 4) is 0 Å². The summed E-state index contributed by atoms with van der Waals surface area (Å²) in [6.07, 6.45) is 2.02. The summed E-state index contributed by atoms with van der Waals surface area (Å²) in [6, 6.07) is 0. The summed E-state index contributed by atoms with van der Waals surface area (Å²) in [5, 5.41) is 0. The van der Waals surface area contributed by atoms with Crippen LogP contribution < -0.4 is 22.3 Å². The molecule has 4 nitrogen and oxygen atoms in total. The van der Waals surface area contributed by atoms with Crippen LogP contribution in [0.3, 0.4) is 0 Å². The molecule has 0 aromatic carbocycles. The lowest BCUT2D eigenvalue weighted by Crippen LogP contribution is -2.34. The Labute approximate surface area is 62.3 Å². The second kappa shape index (κ2) is 8.84. The summed E-state index contributed by atoms with van der Waals surface area (Å²) in [7, 11) is 0. The van der Waals surface area contributed by atoms with Gasteiger partial charge in [-0.2, -0.15) is 0 Å². The van der Waals surface area contributed by atoms with Gasteiger partial charge in [-0.1, -0.05) is 0 Å². The molecule has 0 spiro atoms. The maximum absolute atomic E-state index is 5.28. The molecule has 0 atom stereocenters. The van der Waals surface area contributed by atoms with Gasteiger partial charge in [0.15, 0.2) is 0 Å². The van der Waals surface area contributed by atoms with Crippen LogP contribution in [0.4, 0.5) is 0 Å². The van der Waals surface area contributed by atoms with Crippen molar-refractivity contribution in [3.05, 3.63) is 0 Å². The fourth-order valence-electron chi connectivity index (χ4n) is 0.558. The predicted molar refractivity (Wildman–Crippen MR) is 43.3 cm³/mol. The lowest BCUT2D eigenvalue weighted by atomic mass is 10.4. The van der Waals surface area contributed by atoms with Crippen molar-refractivity contribution >= 4 is 0 Å². The highest BCUT2D eigenvalue weighted by atomic mass is 15.3. The van der Waals surface area contributed by atoms with Crippen molar-refractivity contribution in [1.82, 2.24) is 10.9 Å². The van der Waals surface area contributed by atoms with Gasteiger partial charge in [-0.15, -0.1) is 0 Å². The van der Waals surface area contributed by atoms with E-state index in [9.17, 15) is 0 Å². The standard InChI is InChI=1S/C6H18N4/c7-3-1-5-9-10-6-2-4-8/h9-10H,1-8H2. The monoisotopic (exact) mass is 146 g/mol. The van der Waals surface area contributed by atoms with Gasteiger partial charge in [0.2, 0.25) is 0 Å². The van der Waals surface area contributed by atoms with Crippen LogP contribution in [0.2, 0.25) is 0 Å². The molecule has 10 heavy (non-hydrogen) atoms. The van der Waals surface area contributed by atoms with Crippen LogP contribution >= 0.6 is 0 Å². The Morgan fingerprint density at radius 3 is 1.50 bits per heavy atom. The van der Waals surface area contributed by atoms with Crippen molar-refractivity contribution in [1.29, 1.82) is 0 Å². The molecule has 0 rings (SSSR count). The average molecular weight is 146 g/mol. The summed E-state index contributed by atoms with van der Waals surface area (Å²) < 4.78 is 0. The molecule has 0 unspecified atom stereocenters. The van der Waals surface area contributed by atoms with Gasteiger partial charge in [-0.3, -0.25) is 10.9 Å². The van der Waals surface area contributed by atoms with Crippen LogP contribution in [0.1, 0.15) is 12.8 Å². The first-order valence-corrected chi connectivity index (χ1v) is 3.77. The van der Waals surface area contributed by atoms with E-state index in [1.54, 1.807) is 0 Å². The number of nitrogens with one attached hydrogen (secondary N) is 2. The van der Waals surface area contributed by atoms with E-state index in [0.29, 0.717) is 0 Å². The molecular formula is C6H18N4. The van der Waals surface area contributed by atoms with Crippen LogP contribution in [-0.2, 0) is 0 Å². The molecule has 0 heterocycles. The van der Waals surface area contributed by atoms with Crippen LogP contribution in [0.25, 0.3) is 0 Å². The SMILES string of the molecule is NCCCNNCCCN. The smallest absolute Gasteiger partial charge is 0.0112 e. The van der Waals surface area contributed by atoms with E-state index >= 15 is 0 Å². The Morgan fingerprint density at radius 1 is 0.800 bits per heavy atom. The van der Waals surface area contributed by atoms with E-state index in [1.807, 2.05) is 0 Å². The number of hydrogen-bond donors (Lipinski definition) is 4. The molecule has 4 heteroatoms. The topological polar surface area (TPSA) is 76.1 Å². The minimum absolute atomic E-state index is 0.742. The van der Waals surface area contributed by atoms with Crippen molar-refractivity contribution in [2.24, 2.45) is 11.5 Å². The second-order valence-electron chi connectivity index (χ2n) is 2.14. The number of hydrazine groups is 1. The normalized spacial score (nSPS) is 10.2. The number of hydrogen-bond acceptors (Lipinski definition) is 4. The van der Waals surface area contributed by atoms with Gasteiger partial charge in [-0.05, 0) is 25.9 Å². The summed E-state index contributed by atoms with van der Waals surface area (Å²) in [6.45, 7) is 3.35. The zero-order valence-corrected chi connectivity index (χ0v) is 6.40. The second-order valence-corrected chi connectivity index (χ2v) is 2.14. The molecule has 0 saturated heterocycles. The molecule has 0 aliphatic rings.